The summed E-state index contributed by atoms with van der Waals surface area (Å²) in [5.74, 6) is 0.179. The van der Waals surface area contributed by atoms with Gasteiger partial charge in [-0.15, -0.1) is 0 Å². The number of carbonyl (C=O) groups excluding carboxylic acids is 1. The lowest BCUT2D eigenvalue weighted by Gasteiger charge is -2.17. The second-order valence-electron chi connectivity index (χ2n) is 5.33. The Morgan fingerprint density at radius 1 is 1.17 bits per heavy atom. The molecule has 128 valence electrons. The number of ether oxygens (including phenoxy) is 2. The third-order valence-corrected chi connectivity index (χ3v) is 3.64. The van der Waals surface area contributed by atoms with Crippen LogP contribution in [0.3, 0.4) is 0 Å². The van der Waals surface area contributed by atoms with E-state index in [1.165, 1.54) is 12.1 Å². The molecule has 24 heavy (non-hydrogen) atoms. The Bertz CT molecular complexity index is 658. The average molecular weight is 331 g/mol. The van der Waals surface area contributed by atoms with Crippen LogP contribution in [0.5, 0.6) is 11.5 Å². The van der Waals surface area contributed by atoms with Crippen molar-refractivity contribution in [3.05, 3.63) is 59.9 Å². The summed E-state index contributed by atoms with van der Waals surface area (Å²) in [6.45, 7) is 2.32. The fourth-order valence-corrected chi connectivity index (χ4v) is 2.25. The van der Waals surface area contributed by atoms with Crippen molar-refractivity contribution in [3.8, 4) is 11.5 Å². The maximum Gasteiger partial charge on any atom is 0.261 e. The highest BCUT2D eigenvalue weighted by atomic mass is 19.1. The smallest absolute Gasteiger partial charge is 0.261 e. The quantitative estimate of drug-likeness (QED) is 0.807. The zero-order chi connectivity index (χ0) is 17.4. The molecule has 1 N–H and O–H groups in total. The van der Waals surface area contributed by atoms with E-state index in [0.717, 1.165) is 11.3 Å². The molecule has 2 aromatic rings. The lowest BCUT2D eigenvalue weighted by Crippen LogP contribution is -2.39. The van der Waals surface area contributed by atoms with Gasteiger partial charge in [-0.25, -0.2) is 4.39 Å². The van der Waals surface area contributed by atoms with E-state index in [9.17, 15) is 9.18 Å². The number of carbonyl (C=O) groups is 1. The van der Waals surface area contributed by atoms with Gasteiger partial charge >= 0.3 is 0 Å². The lowest BCUT2D eigenvalue weighted by molar-refractivity contribution is -0.128. The summed E-state index contributed by atoms with van der Waals surface area (Å²) in [5.41, 5.74) is 1.10. The highest BCUT2D eigenvalue weighted by Crippen LogP contribution is 2.18. The molecule has 5 heteroatoms. The molecule has 0 unspecified atom stereocenters. The van der Waals surface area contributed by atoms with E-state index in [4.69, 9.17) is 9.47 Å². The number of hydrogen-bond acceptors (Lipinski definition) is 3. The minimum absolute atomic E-state index is 0.0923. The number of halogens is 1. The van der Waals surface area contributed by atoms with Gasteiger partial charge in [0.25, 0.3) is 5.91 Å². The minimum Gasteiger partial charge on any atom is -0.497 e. The Labute approximate surface area is 141 Å². The van der Waals surface area contributed by atoms with Crippen LogP contribution >= 0.6 is 0 Å². The number of rotatable bonds is 8. The number of hydrogen-bond donors (Lipinski definition) is 1. The molecule has 0 heterocycles. The number of methoxy groups -OCH3 is 1. The third-order valence-electron chi connectivity index (χ3n) is 3.64. The van der Waals surface area contributed by atoms with E-state index in [1.807, 2.05) is 31.2 Å². The predicted molar refractivity (Wildman–Crippen MR) is 90.8 cm³/mol. The summed E-state index contributed by atoms with van der Waals surface area (Å²) in [4.78, 5) is 12.2. The summed E-state index contributed by atoms with van der Waals surface area (Å²) in [6, 6.07) is 13.8. The molecule has 0 spiro atoms. The molecular weight excluding hydrogens is 309 g/mol. The second kappa shape index (κ2) is 8.91. The van der Waals surface area contributed by atoms with Crippen LogP contribution in [0.2, 0.25) is 0 Å². The zero-order valence-electron chi connectivity index (χ0n) is 13.9. The average Bonchev–Trinajstić information content (AvgIpc) is 2.61. The number of amides is 1. The maximum absolute atomic E-state index is 13.6. The van der Waals surface area contributed by atoms with Crippen LogP contribution in [-0.4, -0.2) is 25.7 Å². The van der Waals surface area contributed by atoms with Crippen LogP contribution in [0.1, 0.15) is 18.9 Å². The monoisotopic (exact) mass is 331 g/mol. The molecule has 1 atom stereocenters. The normalized spacial score (nSPS) is 11.6. The maximum atomic E-state index is 13.6. The molecule has 0 aliphatic carbocycles. The SMILES string of the molecule is CC[C@@H](Oc1ccccc1F)C(=O)NCCc1ccc(OC)cc1. The van der Waals surface area contributed by atoms with Crippen LogP contribution in [0.15, 0.2) is 48.5 Å². The van der Waals surface area contributed by atoms with Gasteiger partial charge in [-0.05, 0) is 42.7 Å². The van der Waals surface area contributed by atoms with E-state index in [1.54, 1.807) is 19.2 Å². The van der Waals surface area contributed by atoms with Gasteiger partial charge in [-0.3, -0.25) is 4.79 Å². The molecule has 2 rings (SSSR count). The first-order valence-electron chi connectivity index (χ1n) is 7.96. The van der Waals surface area contributed by atoms with E-state index < -0.39 is 11.9 Å². The third kappa shape index (κ3) is 4.98. The molecule has 0 fully saturated rings. The largest absolute Gasteiger partial charge is 0.497 e. The summed E-state index contributed by atoms with van der Waals surface area (Å²) in [5, 5.41) is 2.83. The lowest BCUT2D eigenvalue weighted by atomic mass is 10.1. The molecule has 0 saturated carbocycles. The van der Waals surface area contributed by atoms with Crippen molar-refractivity contribution in [2.45, 2.75) is 25.9 Å². The molecule has 0 bridgehead atoms. The predicted octanol–water partition coefficient (Wildman–Crippen LogP) is 3.35. The van der Waals surface area contributed by atoms with Crippen molar-refractivity contribution in [2.75, 3.05) is 13.7 Å². The molecule has 0 aromatic heterocycles. The van der Waals surface area contributed by atoms with Crippen molar-refractivity contribution in [2.24, 2.45) is 0 Å². The van der Waals surface area contributed by atoms with Gasteiger partial charge in [0.2, 0.25) is 0 Å². The highest BCUT2D eigenvalue weighted by molar-refractivity contribution is 5.81. The molecule has 0 saturated heterocycles. The van der Waals surface area contributed by atoms with Crippen LogP contribution < -0.4 is 14.8 Å². The first kappa shape index (κ1) is 17.8. The summed E-state index contributed by atoms with van der Waals surface area (Å²) in [6.07, 6.45) is 0.451. The van der Waals surface area contributed by atoms with Crippen molar-refractivity contribution < 1.29 is 18.7 Å². The summed E-state index contributed by atoms with van der Waals surface area (Å²) < 4.78 is 24.2. The van der Waals surface area contributed by atoms with Crippen LogP contribution in [0.4, 0.5) is 4.39 Å². The van der Waals surface area contributed by atoms with Crippen molar-refractivity contribution in [1.82, 2.24) is 5.32 Å². The molecule has 0 aliphatic rings. The van der Waals surface area contributed by atoms with E-state index >= 15 is 0 Å². The number of nitrogens with one attached hydrogen (secondary N) is 1. The minimum atomic E-state index is -0.710. The van der Waals surface area contributed by atoms with Gasteiger partial charge in [0.1, 0.15) is 5.75 Å². The Balaban J connectivity index is 1.84. The fraction of sp³-hybridized carbons (Fsp3) is 0.316. The second-order valence-corrected chi connectivity index (χ2v) is 5.33. The standard InChI is InChI=1S/C19H22FNO3/c1-3-17(24-18-7-5-4-6-16(18)20)19(22)21-13-12-14-8-10-15(23-2)11-9-14/h4-11,17H,3,12-13H2,1-2H3,(H,21,22)/t17-/m1/s1. The Kier molecular flexibility index (Phi) is 6.61. The number of para-hydroxylation sites is 1. The van der Waals surface area contributed by atoms with Crippen molar-refractivity contribution >= 4 is 5.91 Å². The van der Waals surface area contributed by atoms with Crippen molar-refractivity contribution in [1.29, 1.82) is 0 Å². The first-order chi connectivity index (χ1) is 11.6. The molecule has 0 aliphatic heterocycles. The van der Waals surface area contributed by atoms with E-state index in [-0.39, 0.29) is 11.7 Å². The topological polar surface area (TPSA) is 47.6 Å². The van der Waals surface area contributed by atoms with E-state index in [0.29, 0.717) is 19.4 Å². The molecule has 2 aromatic carbocycles. The molecule has 1 amide bonds. The Morgan fingerprint density at radius 2 is 1.88 bits per heavy atom. The number of benzene rings is 2. The molecule has 4 nitrogen and oxygen atoms in total. The van der Waals surface area contributed by atoms with E-state index in [2.05, 4.69) is 5.32 Å². The van der Waals surface area contributed by atoms with Crippen molar-refractivity contribution in [3.63, 3.8) is 0 Å². The first-order valence-corrected chi connectivity index (χ1v) is 7.96. The van der Waals surface area contributed by atoms with Gasteiger partial charge in [0.15, 0.2) is 17.7 Å². The summed E-state index contributed by atoms with van der Waals surface area (Å²) in [7, 11) is 1.62. The van der Waals surface area contributed by atoms with Gasteiger partial charge in [0, 0.05) is 6.54 Å². The van der Waals surface area contributed by atoms with Crippen LogP contribution in [-0.2, 0) is 11.2 Å². The summed E-state index contributed by atoms with van der Waals surface area (Å²) >= 11 is 0. The van der Waals surface area contributed by atoms with Gasteiger partial charge in [-0.2, -0.15) is 0 Å². The Hall–Kier alpha value is -2.56. The van der Waals surface area contributed by atoms with Gasteiger partial charge in [-0.1, -0.05) is 31.2 Å². The highest BCUT2D eigenvalue weighted by Gasteiger charge is 2.19. The zero-order valence-corrected chi connectivity index (χ0v) is 13.9. The van der Waals surface area contributed by atoms with Gasteiger partial charge < -0.3 is 14.8 Å². The van der Waals surface area contributed by atoms with Crippen LogP contribution in [0, 0.1) is 5.82 Å². The Morgan fingerprint density at radius 3 is 2.50 bits per heavy atom. The molecular formula is C19H22FNO3. The molecule has 0 radical (unpaired) electrons. The fourth-order valence-electron chi connectivity index (χ4n) is 2.25. The van der Waals surface area contributed by atoms with Crippen LogP contribution in [0.25, 0.3) is 0 Å². The van der Waals surface area contributed by atoms with Gasteiger partial charge in [0.05, 0.1) is 7.11 Å².